The molecule has 1 fully saturated rings. The zero-order valence-electron chi connectivity index (χ0n) is 21.5. The summed E-state index contributed by atoms with van der Waals surface area (Å²) in [6, 6.07) is 9.68. The molecule has 0 bridgehead atoms. The van der Waals surface area contributed by atoms with Crippen LogP contribution >= 0.6 is 23.4 Å². The van der Waals surface area contributed by atoms with Gasteiger partial charge in [0, 0.05) is 36.8 Å². The van der Waals surface area contributed by atoms with Crippen LogP contribution in [0.4, 0.5) is 16.3 Å². The Kier molecular flexibility index (Phi) is 8.23. The standard InChI is InChI=1S/C26H25ClN8O5S/c27-20-16(32-22(36)19-23(37)33-18-6-1-2-9-35(18)25(19)38)4-3-5-17(20)41-24-21(28)30-15(12-29-24)13-34-10-7-14(8-11-34)31-26(39)40/h1-6,9,12,14,31,37H,7-8,10-11,13H2,(H2,28,30)(H,32,36)(H,39,40). The molecule has 15 heteroatoms. The lowest BCUT2D eigenvalue weighted by Gasteiger charge is -2.31. The Hall–Kier alpha value is -4.40. The number of nitrogens with two attached hydrogens (primary N) is 1. The third-order valence-electron chi connectivity index (χ3n) is 6.48. The summed E-state index contributed by atoms with van der Waals surface area (Å²) < 4.78 is 1.16. The monoisotopic (exact) mass is 596 g/mol. The summed E-state index contributed by atoms with van der Waals surface area (Å²) >= 11 is 7.75. The molecule has 5 rings (SSSR count). The number of carbonyl (C=O) groups is 2. The zero-order chi connectivity index (χ0) is 29.1. The number of carbonyl (C=O) groups excluding carboxylic acids is 1. The van der Waals surface area contributed by atoms with Gasteiger partial charge in [0.2, 0.25) is 5.88 Å². The molecule has 4 heterocycles. The Labute approximate surface area is 242 Å². The number of aromatic hydroxyl groups is 1. The van der Waals surface area contributed by atoms with E-state index >= 15 is 0 Å². The summed E-state index contributed by atoms with van der Waals surface area (Å²) in [4.78, 5) is 52.2. The second-order valence-electron chi connectivity index (χ2n) is 9.27. The number of likely N-dealkylation sites (tertiary alicyclic amines) is 1. The van der Waals surface area contributed by atoms with E-state index in [1.807, 2.05) is 0 Å². The van der Waals surface area contributed by atoms with Gasteiger partial charge in [-0.2, -0.15) is 4.98 Å². The van der Waals surface area contributed by atoms with Crippen molar-refractivity contribution in [2.24, 2.45) is 0 Å². The van der Waals surface area contributed by atoms with Gasteiger partial charge in [0.25, 0.3) is 11.5 Å². The molecular weight excluding hydrogens is 572 g/mol. The maximum absolute atomic E-state index is 13.0. The molecule has 0 aliphatic carbocycles. The van der Waals surface area contributed by atoms with E-state index in [1.54, 1.807) is 36.5 Å². The van der Waals surface area contributed by atoms with E-state index in [0.29, 0.717) is 35.0 Å². The fourth-order valence-corrected chi connectivity index (χ4v) is 5.57. The topological polar surface area (TPSA) is 188 Å². The molecule has 1 aliphatic heterocycles. The Balaban J connectivity index is 1.27. The van der Waals surface area contributed by atoms with Crippen LogP contribution < -0.4 is 21.9 Å². The van der Waals surface area contributed by atoms with Crippen LogP contribution in [-0.2, 0) is 6.54 Å². The van der Waals surface area contributed by atoms with Crippen molar-refractivity contribution in [1.29, 1.82) is 0 Å². The highest BCUT2D eigenvalue weighted by atomic mass is 35.5. The zero-order valence-corrected chi connectivity index (χ0v) is 23.0. The summed E-state index contributed by atoms with van der Waals surface area (Å²) in [6.07, 6.45) is 3.48. The molecule has 0 spiro atoms. The number of nitrogen functional groups attached to an aromatic ring is 1. The largest absolute Gasteiger partial charge is 0.493 e. The molecule has 1 saturated heterocycles. The van der Waals surface area contributed by atoms with Gasteiger partial charge in [-0.05, 0) is 37.1 Å². The molecular formula is C26H25ClN8O5S. The fourth-order valence-electron chi connectivity index (χ4n) is 4.48. The first-order valence-electron chi connectivity index (χ1n) is 12.5. The van der Waals surface area contributed by atoms with Crippen LogP contribution in [-0.4, -0.2) is 65.6 Å². The van der Waals surface area contributed by atoms with Crippen LogP contribution in [0.2, 0.25) is 5.02 Å². The number of nitrogens with one attached hydrogen (secondary N) is 2. The quantitative estimate of drug-likeness (QED) is 0.211. The van der Waals surface area contributed by atoms with E-state index in [4.69, 9.17) is 22.4 Å². The molecule has 1 aliphatic rings. The minimum atomic E-state index is -1.01. The first-order valence-corrected chi connectivity index (χ1v) is 13.7. The number of nitrogens with zero attached hydrogens (tertiary/aromatic N) is 5. The molecule has 6 N–H and O–H groups in total. The van der Waals surface area contributed by atoms with Crippen molar-refractivity contribution in [3.05, 3.63) is 75.4 Å². The molecule has 3 aromatic heterocycles. The normalized spacial score (nSPS) is 14.2. The number of fused-ring (bicyclic) bond motifs is 1. The average molecular weight is 597 g/mol. The van der Waals surface area contributed by atoms with Gasteiger partial charge in [-0.25, -0.2) is 14.8 Å². The lowest BCUT2D eigenvalue weighted by Crippen LogP contribution is -2.44. The summed E-state index contributed by atoms with van der Waals surface area (Å²) in [6.45, 7) is 1.97. The predicted molar refractivity (Wildman–Crippen MR) is 153 cm³/mol. The van der Waals surface area contributed by atoms with E-state index in [2.05, 4.69) is 30.5 Å². The first-order chi connectivity index (χ1) is 19.7. The van der Waals surface area contributed by atoms with Gasteiger partial charge in [0.15, 0.2) is 11.4 Å². The third kappa shape index (κ3) is 6.34. The molecule has 0 unspecified atom stereocenters. The first kappa shape index (κ1) is 28.1. The van der Waals surface area contributed by atoms with E-state index in [0.717, 1.165) is 29.3 Å². The number of piperidine rings is 1. The van der Waals surface area contributed by atoms with Crippen LogP contribution in [0.25, 0.3) is 5.65 Å². The second kappa shape index (κ2) is 12.0. The minimum absolute atomic E-state index is 0.0554. The number of halogens is 1. The number of aromatic nitrogens is 4. The molecule has 4 aromatic rings. The highest BCUT2D eigenvalue weighted by Crippen LogP contribution is 2.38. The van der Waals surface area contributed by atoms with Crippen molar-refractivity contribution in [2.45, 2.75) is 35.3 Å². The van der Waals surface area contributed by atoms with Gasteiger partial charge >= 0.3 is 6.09 Å². The highest BCUT2D eigenvalue weighted by Gasteiger charge is 2.23. The van der Waals surface area contributed by atoms with Gasteiger partial charge in [-0.3, -0.25) is 18.9 Å². The van der Waals surface area contributed by atoms with Crippen LogP contribution in [0.5, 0.6) is 5.88 Å². The fraction of sp³-hybridized carbons (Fsp3) is 0.231. The van der Waals surface area contributed by atoms with Crippen molar-refractivity contribution in [1.82, 2.24) is 29.6 Å². The van der Waals surface area contributed by atoms with E-state index in [-0.39, 0.29) is 28.2 Å². The van der Waals surface area contributed by atoms with Crippen LogP contribution in [0.3, 0.4) is 0 Å². The minimum Gasteiger partial charge on any atom is -0.493 e. The van der Waals surface area contributed by atoms with Crippen LogP contribution in [0.1, 0.15) is 28.9 Å². The Morgan fingerprint density at radius 1 is 1.15 bits per heavy atom. The Morgan fingerprint density at radius 2 is 1.93 bits per heavy atom. The Bertz CT molecular complexity index is 1690. The summed E-state index contributed by atoms with van der Waals surface area (Å²) in [5, 5.41) is 24.9. The van der Waals surface area contributed by atoms with Crippen LogP contribution in [0.15, 0.2) is 63.5 Å². The molecule has 13 nitrogen and oxygen atoms in total. The molecule has 41 heavy (non-hydrogen) atoms. The summed E-state index contributed by atoms with van der Waals surface area (Å²) in [5.74, 6) is -1.35. The molecule has 1 aromatic carbocycles. The van der Waals surface area contributed by atoms with Crippen molar-refractivity contribution in [3.8, 4) is 5.88 Å². The van der Waals surface area contributed by atoms with Gasteiger partial charge < -0.3 is 26.6 Å². The smallest absolute Gasteiger partial charge is 0.404 e. The number of hydrogen-bond donors (Lipinski definition) is 5. The van der Waals surface area contributed by atoms with E-state index in [1.165, 1.54) is 12.3 Å². The number of hydrogen-bond acceptors (Lipinski definition) is 10. The molecule has 2 amide bonds. The average Bonchev–Trinajstić information content (AvgIpc) is 2.93. The van der Waals surface area contributed by atoms with Crippen molar-refractivity contribution < 1.29 is 19.8 Å². The molecule has 0 saturated carbocycles. The lowest BCUT2D eigenvalue weighted by molar-refractivity contribution is 0.102. The van der Waals surface area contributed by atoms with Crippen LogP contribution in [0, 0.1) is 0 Å². The summed E-state index contributed by atoms with van der Waals surface area (Å²) in [5.41, 5.74) is 6.05. The molecule has 0 radical (unpaired) electrons. The number of benzene rings is 1. The third-order valence-corrected chi connectivity index (χ3v) is 8.06. The van der Waals surface area contributed by atoms with Gasteiger partial charge in [0.05, 0.1) is 22.6 Å². The maximum Gasteiger partial charge on any atom is 0.404 e. The van der Waals surface area contributed by atoms with Gasteiger partial charge in [0.1, 0.15) is 10.7 Å². The number of rotatable bonds is 7. The maximum atomic E-state index is 13.0. The second-order valence-corrected chi connectivity index (χ2v) is 10.7. The van der Waals surface area contributed by atoms with Crippen molar-refractivity contribution in [3.63, 3.8) is 0 Å². The summed E-state index contributed by atoms with van der Waals surface area (Å²) in [7, 11) is 0. The number of pyridine rings is 1. The van der Waals surface area contributed by atoms with Gasteiger partial charge in [-0.15, -0.1) is 0 Å². The molecule has 0 atom stereocenters. The predicted octanol–water partition coefficient (Wildman–Crippen LogP) is 3.06. The van der Waals surface area contributed by atoms with E-state index < -0.39 is 29.0 Å². The number of carboxylic acid groups (broad SMARTS) is 1. The lowest BCUT2D eigenvalue weighted by atomic mass is 10.1. The molecule has 212 valence electrons. The number of amides is 2. The Morgan fingerprint density at radius 3 is 2.66 bits per heavy atom. The number of anilines is 2. The van der Waals surface area contributed by atoms with Gasteiger partial charge in [-0.1, -0.05) is 35.5 Å². The van der Waals surface area contributed by atoms with Crippen molar-refractivity contribution in [2.75, 3.05) is 24.1 Å². The van der Waals surface area contributed by atoms with E-state index in [9.17, 15) is 19.5 Å². The highest BCUT2D eigenvalue weighted by molar-refractivity contribution is 7.99. The SMILES string of the molecule is Nc1nc(CN2CCC(NC(=O)O)CC2)cnc1Sc1cccc(NC(=O)c2c(O)nc3ccccn3c2=O)c1Cl. The van der Waals surface area contributed by atoms with Crippen molar-refractivity contribution >= 4 is 52.5 Å².